The molecule has 31 heavy (non-hydrogen) atoms. The molecule has 0 saturated heterocycles. The first-order valence-corrected chi connectivity index (χ1v) is 11.9. The van der Waals surface area contributed by atoms with Crippen molar-refractivity contribution in [2.75, 3.05) is 17.6 Å². The molecule has 2 aliphatic rings. The summed E-state index contributed by atoms with van der Waals surface area (Å²) in [6, 6.07) is 16.4. The van der Waals surface area contributed by atoms with E-state index in [0.717, 1.165) is 47.6 Å². The monoisotopic (exact) mass is 435 g/mol. The number of anilines is 1. The molecule has 2 saturated carbocycles. The summed E-state index contributed by atoms with van der Waals surface area (Å²) in [6.07, 6.45) is 6.28. The van der Waals surface area contributed by atoms with Crippen LogP contribution in [0.25, 0.3) is 0 Å². The summed E-state index contributed by atoms with van der Waals surface area (Å²) in [4.78, 5) is 28.2. The molecular weight excluding hydrogens is 406 g/mol. The second-order valence-corrected chi connectivity index (χ2v) is 9.29. The topological polar surface area (TPSA) is 61.4 Å². The molecule has 0 radical (unpaired) electrons. The molecule has 6 heteroatoms. The summed E-state index contributed by atoms with van der Waals surface area (Å²) in [5.41, 5.74) is 2.66. The number of hydrogen-bond donors (Lipinski definition) is 2. The first-order valence-electron chi connectivity index (χ1n) is 10.9. The number of benzene rings is 2. The number of thioether (sulfide) groups is 1. The van der Waals surface area contributed by atoms with E-state index >= 15 is 0 Å². The zero-order valence-electron chi connectivity index (χ0n) is 17.7. The predicted octanol–water partition coefficient (Wildman–Crippen LogP) is 4.46. The lowest BCUT2D eigenvalue weighted by molar-refractivity contribution is -0.117. The number of amides is 2. The van der Waals surface area contributed by atoms with Crippen LogP contribution in [-0.2, 0) is 11.3 Å². The highest BCUT2D eigenvalue weighted by Gasteiger charge is 2.30. The van der Waals surface area contributed by atoms with E-state index in [2.05, 4.69) is 22.1 Å². The predicted molar refractivity (Wildman–Crippen MR) is 126 cm³/mol. The van der Waals surface area contributed by atoms with Gasteiger partial charge in [-0.1, -0.05) is 30.3 Å². The summed E-state index contributed by atoms with van der Waals surface area (Å²) in [5, 5.41) is 6.09. The van der Waals surface area contributed by atoms with Crippen LogP contribution in [0.2, 0.25) is 0 Å². The Balaban J connectivity index is 1.34. The Hall–Kier alpha value is -2.57. The number of hydrogen-bond acceptors (Lipinski definition) is 4. The largest absolute Gasteiger partial charge is 0.349 e. The Kier molecular flexibility index (Phi) is 7.10. The number of nitrogens with one attached hydrogen (secondary N) is 2. The minimum atomic E-state index is -0.000940. The molecule has 0 unspecified atom stereocenters. The number of carbonyl (C=O) groups is 2. The van der Waals surface area contributed by atoms with Crippen LogP contribution in [0.4, 0.5) is 5.69 Å². The van der Waals surface area contributed by atoms with Crippen molar-refractivity contribution in [1.29, 1.82) is 0 Å². The lowest BCUT2D eigenvalue weighted by Gasteiger charge is -2.22. The molecule has 0 heterocycles. The minimum absolute atomic E-state index is 0.000432. The van der Waals surface area contributed by atoms with Crippen LogP contribution < -0.4 is 10.6 Å². The normalized spacial score (nSPS) is 15.5. The summed E-state index contributed by atoms with van der Waals surface area (Å²) in [7, 11) is 0. The van der Waals surface area contributed by atoms with Gasteiger partial charge in [-0.3, -0.25) is 14.5 Å². The van der Waals surface area contributed by atoms with Crippen molar-refractivity contribution in [2.24, 2.45) is 0 Å². The Labute approximate surface area is 188 Å². The standard InChI is InChI=1S/C25H29N3O2S/c1-2-15-31-23-6-4-3-5-22(23)27-24(29)17-28(21-13-14-21)16-18-7-9-19(10-8-18)25(30)26-20-11-12-20/h2-10,20-21H,1,11-17H2,(H,26,30)(H,27,29). The fraction of sp³-hybridized carbons (Fsp3) is 0.360. The van der Waals surface area contributed by atoms with Gasteiger partial charge in [0.25, 0.3) is 5.91 Å². The van der Waals surface area contributed by atoms with Gasteiger partial charge in [-0.25, -0.2) is 0 Å². The minimum Gasteiger partial charge on any atom is -0.349 e. The van der Waals surface area contributed by atoms with Crippen LogP contribution in [0.1, 0.15) is 41.6 Å². The van der Waals surface area contributed by atoms with E-state index in [1.165, 1.54) is 0 Å². The zero-order valence-corrected chi connectivity index (χ0v) is 18.5. The molecule has 2 aromatic carbocycles. The van der Waals surface area contributed by atoms with E-state index in [4.69, 9.17) is 0 Å². The molecule has 2 N–H and O–H groups in total. The van der Waals surface area contributed by atoms with Gasteiger partial charge < -0.3 is 10.6 Å². The highest BCUT2D eigenvalue weighted by Crippen LogP contribution is 2.30. The van der Waals surface area contributed by atoms with E-state index in [0.29, 0.717) is 30.7 Å². The summed E-state index contributed by atoms with van der Waals surface area (Å²) in [6.45, 7) is 4.83. The van der Waals surface area contributed by atoms with Crippen LogP contribution in [0.3, 0.4) is 0 Å². The van der Waals surface area contributed by atoms with Gasteiger partial charge in [0, 0.05) is 34.8 Å². The first-order chi connectivity index (χ1) is 15.1. The van der Waals surface area contributed by atoms with Crippen molar-refractivity contribution in [3.8, 4) is 0 Å². The molecular formula is C25H29N3O2S. The van der Waals surface area contributed by atoms with E-state index in [-0.39, 0.29) is 11.8 Å². The van der Waals surface area contributed by atoms with Gasteiger partial charge in [0.1, 0.15) is 0 Å². The Morgan fingerprint density at radius 3 is 2.48 bits per heavy atom. The SMILES string of the molecule is C=CCSc1ccccc1NC(=O)CN(Cc1ccc(C(=O)NC2CC2)cc1)C1CC1. The van der Waals surface area contributed by atoms with Gasteiger partial charge in [0.2, 0.25) is 5.91 Å². The highest BCUT2D eigenvalue weighted by molar-refractivity contribution is 7.99. The first kappa shape index (κ1) is 21.7. The lowest BCUT2D eigenvalue weighted by Crippen LogP contribution is -2.34. The second-order valence-electron chi connectivity index (χ2n) is 8.22. The fourth-order valence-corrected chi connectivity index (χ4v) is 4.21. The van der Waals surface area contributed by atoms with Crippen molar-refractivity contribution < 1.29 is 9.59 Å². The van der Waals surface area contributed by atoms with Crippen LogP contribution >= 0.6 is 11.8 Å². The molecule has 4 rings (SSSR count). The molecule has 162 valence electrons. The average molecular weight is 436 g/mol. The Morgan fingerprint density at radius 1 is 1.06 bits per heavy atom. The molecule has 0 atom stereocenters. The van der Waals surface area contributed by atoms with E-state index < -0.39 is 0 Å². The van der Waals surface area contributed by atoms with Crippen LogP contribution in [0.5, 0.6) is 0 Å². The lowest BCUT2D eigenvalue weighted by atomic mass is 10.1. The summed E-state index contributed by atoms with van der Waals surface area (Å²) < 4.78 is 0. The van der Waals surface area contributed by atoms with Gasteiger partial charge in [-0.2, -0.15) is 0 Å². The molecule has 0 bridgehead atoms. The Morgan fingerprint density at radius 2 is 1.81 bits per heavy atom. The van der Waals surface area contributed by atoms with Crippen molar-refractivity contribution in [3.05, 3.63) is 72.3 Å². The highest BCUT2D eigenvalue weighted by atomic mass is 32.2. The third-order valence-corrected chi connectivity index (χ3v) is 6.51. The average Bonchev–Trinajstić information content (AvgIpc) is 3.68. The maximum atomic E-state index is 12.8. The van der Waals surface area contributed by atoms with Crippen LogP contribution in [-0.4, -0.2) is 41.1 Å². The molecule has 0 aromatic heterocycles. The van der Waals surface area contributed by atoms with Gasteiger partial charge >= 0.3 is 0 Å². The van der Waals surface area contributed by atoms with Crippen molar-refractivity contribution in [2.45, 2.75) is 49.2 Å². The number of para-hydroxylation sites is 1. The molecule has 0 aliphatic heterocycles. The molecule has 2 fully saturated rings. The van der Waals surface area contributed by atoms with E-state index in [1.54, 1.807) is 11.8 Å². The van der Waals surface area contributed by atoms with Crippen molar-refractivity contribution in [1.82, 2.24) is 10.2 Å². The van der Waals surface area contributed by atoms with Crippen LogP contribution in [0.15, 0.2) is 66.1 Å². The summed E-state index contributed by atoms with van der Waals surface area (Å²) >= 11 is 1.66. The third kappa shape index (κ3) is 6.45. The van der Waals surface area contributed by atoms with Crippen molar-refractivity contribution in [3.63, 3.8) is 0 Å². The van der Waals surface area contributed by atoms with Crippen molar-refractivity contribution >= 4 is 29.3 Å². The number of rotatable bonds is 11. The molecule has 2 amide bonds. The van der Waals surface area contributed by atoms with E-state index in [9.17, 15) is 9.59 Å². The van der Waals surface area contributed by atoms with Gasteiger partial charge in [-0.05, 0) is 55.5 Å². The maximum absolute atomic E-state index is 12.8. The zero-order chi connectivity index (χ0) is 21.6. The fourth-order valence-electron chi connectivity index (χ4n) is 3.46. The smallest absolute Gasteiger partial charge is 0.251 e. The molecule has 2 aliphatic carbocycles. The van der Waals surface area contributed by atoms with Gasteiger partial charge in [0.05, 0.1) is 12.2 Å². The van der Waals surface area contributed by atoms with E-state index in [1.807, 2.05) is 54.6 Å². The quantitative estimate of drug-likeness (QED) is 0.404. The van der Waals surface area contributed by atoms with Crippen LogP contribution in [0, 0.1) is 0 Å². The van der Waals surface area contributed by atoms with Gasteiger partial charge in [-0.15, -0.1) is 18.3 Å². The van der Waals surface area contributed by atoms with Gasteiger partial charge in [0.15, 0.2) is 0 Å². The third-order valence-electron chi connectivity index (χ3n) is 5.44. The Bertz CT molecular complexity index is 936. The molecule has 0 spiro atoms. The molecule has 2 aromatic rings. The maximum Gasteiger partial charge on any atom is 0.251 e. The molecule has 5 nitrogen and oxygen atoms in total. The number of nitrogens with zero attached hydrogens (tertiary/aromatic N) is 1. The number of carbonyl (C=O) groups excluding carboxylic acids is 2. The second kappa shape index (κ2) is 10.2. The summed E-state index contributed by atoms with van der Waals surface area (Å²) in [5.74, 6) is 0.801.